The van der Waals surface area contributed by atoms with Crippen LogP contribution in [0.2, 0.25) is 0 Å². The lowest BCUT2D eigenvalue weighted by atomic mass is 10.1. The van der Waals surface area contributed by atoms with Crippen molar-refractivity contribution in [3.05, 3.63) is 30.4 Å². The van der Waals surface area contributed by atoms with Crippen molar-refractivity contribution in [2.24, 2.45) is 13.0 Å². The molecule has 0 bridgehead atoms. The molecule has 2 N–H and O–H groups in total. The lowest BCUT2D eigenvalue weighted by Gasteiger charge is -2.13. The van der Waals surface area contributed by atoms with Gasteiger partial charge in [-0.05, 0) is 13.0 Å². The predicted octanol–water partition coefficient (Wildman–Crippen LogP) is 1.59. The Hall–Kier alpha value is -1.86. The van der Waals surface area contributed by atoms with E-state index in [0.29, 0.717) is 11.6 Å². The van der Waals surface area contributed by atoms with Gasteiger partial charge in [0.15, 0.2) is 0 Å². The summed E-state index contributed by atoms with van der Waals surface area (Å²) in [6.07, 6.45) is 7.01. The van der Waals surface area contributed by atoms with Crippen molar-refractivity contribution in [2.45, 2.75) is 26.4 Å². The first-order chi connectivity index (χ1) is 9.99. The molecule has 122 valence electrons. The van der Waals surface area contributed by atoms with Gasteiger partial charge in [-0.3, -0.25) is 14.2 Å². The van der Waals surface area contributed by atoms with Crippen LogP contribution in [-0.4, -0.2) is 32.5 Å². The molecule has 0 spiro atoms. The van der Waals surface area contributed by atoms with Crippen molar-refractivity contribution in [1.82, 2.24) is 24.9 Å². The average Bonchev–Trinajstić information content (AvgIpc) is 2.99. The van der Waals surface area contributed by atoms with E-state index in [9.17, 15) is 4.79 Å². The van der Waals surface area contributed by atoms with Gasteiger partial charge in [0.05, 0.1) is 18.1 Å². The van der Waals surface area contributed by atoms with E-state index in [1.54, 1.807) is 24.1 Å². The van der Waals surface area contributed by atoms with Crippen molar-refractivity contribution in [3.63, 3.8) is 0 Å². The number of aromatic nitrogens is 4. The fourth-order valence-corrected chi connectivity index (χ4v) is 2.15. The van der Waals surface area contributed by atoms with Crippen LogP contribution in [0.15, 0.2) is 24.8 Å². The highest BCUT2D eigenvalue weighted by Crippen LogP contribution is 2.15. The second-order valence-electron chi connectivity index (χ2n) is 5.50. The summed E-state index contributed by atoms with van der Waals surface area (Å²) in [6.45, 7) is 5.08. The summed E-state index contributed by atoms with van der Waals surface area (Å²) in [7, 11) is 3.57. The number of hydrogen-bond acceptors (Lipinski definition) is 4. The highest BCUT2D eigenvalue weighted by atomic mass is 35.5. The summed E-state index contributed by atoms with van der Waals surface area (Å²) in [5, 5.41) is 14.2. The summed E-state index contributed by atoms with van der Waals surface area (Å²) >= 11 is 0. The molecule has 1 atom stereocenters. The van der Waals surface area contributed by atoms with Gasteiger partial charge in [0.25, 0.3) is 0 Å². The number of halogens is 1. The highest BCUT2D eigenvalue weighted by Gasteiger charge is 2.20. The summed E-state index contributed by atoms with van der Waals surface area (Å²) in [5.74, 6) is 0.378. The van der Waals surface area contributed by atoms with Crippen molar-refractivity contribution >= 4 is 24.0 Å². The lowest BCUT2D eigenvalue weighted by molar-refractivity contribution is -0.118. The van der Waals surface area contributed by atoms with E-state index in [1.165, 1.54) is 0 Å². The summed E-state index contributed by atoms with van der Waals surface area (Å²) in [6, 6.07) is -0.438. The van der Waals surface area contributed by atoms with Gasteiger partial charge in [-0.1, -0.05) is 13.8 Å². The van der Waals surface area contributed by atoms with Crippen LogP contribution in [-0.2, 0) is 18.4 Å². The van der Waals surface area contributed by atoms with Crippen LogP contribution in [0.5, 0.6) is 0 Å². The Morgan fingerprint density at radius 1 is 1.27 bits per heavy atom. The molecule has 1 unspecified atom stereocenters. The Morgan fingerprint density at radius 3 is 2.55 bits per heavy atom. The van der Waals surface area contributed by atoms with Crippen molar-refractivity contribution in [2.75, 3.05) is 12.4 Å². The van der Waals surface area contributed by atoms with Gasteiger partial charge in [-0.25, -0.2) is 0 Å². The topological polar surface area (TPSA) is 76.8 Å². The van der Waals surface area contributed by atoms with Crippen LogP contribution in [0.25, 0.3) is 0 Å². The Balaban J connectivity index is 0.00000242. The lowest BCUT2D eigenvalue weighted by Crippen LogP contribution is -2.30. The standard InChI is InChI=1S/C14H22N6O.ClH/c1-10(2)7-20-9-12(6-17-20)18-14(21)13(15-3)11-5-16-19(4)8-11;/h5-6,8-10,13,15H,7H2,1-4H3,(H,18,21);1H. The van der Waals surface area contributed by atoms with Crippen LogP contribution < -0.4 is 10.6 Å². The average molecular weight is 327 g/mol. The van der Waals surface area contributed by atoms with Gasteiger partial charge >= 0.3 is 0 Å². The maximum absolute atomic E-state index is 12.3. The molecular formula is C14H23ClN6O. The van der Waals surface area contributed by atoms with E-state index in [4.69, 9.17) is 0 Å². The summed E-state index contributed by atoms with van der Waals surface area (Å²) in [4.78, 5) is 12.3. The molecule has 0 aliphatic carbocycles. The minimum absolute atomic E-state index is 0. The van der Waals surface area contributed by atoms with Gasteiger partial charge in [0.1, 0.15) is 6.04 Å². The molecule has 0 saturated carbocycles. The predicted molar refractivity (Wildman–Crippen MR) is 88.0 cm³/mol. The fraction of sp³-hybridized carbons (Fsp3) is 0.500. The number of amides is 1. The molecular weight excluding hydrogens is 304 g/mol. The molecule has 2 rings (SSSR count). The van der Waals surface area contributed by atoms with Gasteiger partial charge < -0.3 is 10.6 Å². The van der Waals surface area contributed by atoms with E-state index >= 15 is 0 Å². The molecule has 7 nitrogen and oxygen atoms in total. The Bertz CT molecular complexity index is 606. The van der Waals surface area contributed by atoms with Crippen LogP contribution in [0.4, 0.5) is 5.69 Å². The normalized spacial score (nSPS) is 12.0. The van der Waals surface area contributed by atoms with Gasteiger partial charge in [-0.15, -0.1) is 12.4 Å². The molecule has 1 amide bonds. The first-order valence-corrected chi connectivity index (χ1v) is 6.98. The molecule has 2 aromatic rings. The molecule has 0 saturated heterocycles. The van der Waals surface area contributed by atoms with E-state index in [1.807, 2.05) is 24.1 Å². The van der Waals surface area contributed by atoms with E-state index in [-0.39, 0.29) is 18.3 Å². The number of anilines is 1. The maximum atomic E-state index is 12.3. The minimum atomic E-state index is -0.438. The third kappa shape index (κ3) is 4.57. The zero-order valence-corrected chi connectivity index (χ0v) is 14.1. The number of nitrogens with zero attached hydrogens (tertiary/aromatic N) is 4. The zero-order valence-electron chi connectivity index (χ0n) is 13.3. The third-order valence-electron chi connectivity index (χ3n) is 3.06. The van der Waals surface area contributed by atoms with Crippen LogP contribution in [0.1, 0.15) is 25.5 Å². The van der Waals surface area contributed by atoms with Crippen molar-refractivity contribution in [3.8, 4) is 0 Å². The SMILES string of the molecule is CNC(C(=O)Nc1cnn(CC(C)C)c1)c1cnn(C)c1.Cl. The third-order valence-corrected chi connectivity index (χ3v) is 3.06. The van der Waals surface area contributed by atoms with Crippen molar-refractivity contribution < 1.29 is 4.79 Å². The molecule has 22 heavy (non-hydrogen) atoms. The molecule has 0 aliphatic heterocycles. The Labute approximate surface area is 136 Å². The number of likely N-dealkylation sites (N-methyl/N-ethyl adjacent to an activating group) is 1. The second kappa shape index (κ2) is 7.95. The Morgan fingerprint density at radius 2 is 2.00 bits per heavy atom. The number of aryl methyl sites for hydroxylation is 1. The summed E-state index contributed by atoms with van der Waals surface area (Å²) in [5.41, 5.74) is 1.52. The minimum Gasteiger partial charge on any atom is -0.322 e. The highest BCUT2D eigenvalue weighted by molar-refractivity contribution is 5.95. The molecule has 8 heteroatoms. The molecule has 2 aromatic heterocycles. The molecule has 2 heterocycles. The zero-order chi connectivity index (χ0) is 15.4. The molecule has 0 radical (unpaired) electrons. The maximum Gasteiger partial charge on any atom is 0.246 e. The largest absolute Gasteiger partial charge is 0.322 e. The molecule has 0 aliphatic rings. The first-order valence-electron chi connectivity index (χ1n) is 6.98. The number of carbonyl (C=O) groups is 1. The molecule has 0 aromatic carbocycles. The van der Waals surface area contributed by atoms with E-state index < -0.39 is 6.04 Å². The van der Waals surface area contributed by atoms with Crippen LogP contribution in [0.3, 0.4) is 0 Å². The smallest absolute Gasteiger partial charge is 0.246 e. The fourth-order valence-electron chi connectivity index (χ4n) is 2.15. The van der Waals surface area contributed by atoms with Gasteiger partial charge in [0, 0.05) is 31.5 Å². The van der Waals surface area contributed by atoms with E-state index in [0.717, 1.165) is 12.1 Å². The van der Waals surface area contributed by atoms with Gasteiger partial charge in [0.2, 0.25) is 5.91 Å². The summed E-state index contributed by atoms with van der Waals surface area (Å²) < 4.78 is 3.51. The van der Waals surface area contributed by atoms with E-state index in [2.05, 4.69) is 34.7 Å². The van der Waals surface area contributed by atoms with Crippen molar-refractivity contribution in [1.29, 1.82) is 0 Å². The van der Waals surface area contributed by atoms with Crippen LogP contribution >= 0.6 is 12.4 Å². The quantitative estimate of drug-likeness (QED) is 0.845. The first kappa shape index (κ1) is 18.2. The number of carbonyl (C=O) groups excluding carboxylic acids is 1. The number of rotatable bonds is 6. The van der Waals surface area contributed by atoms with Gasteiger partial charge in [-0.2, -0.15) is 10.2 Å². The Kier molecular flexibility index (Phi) is 6.58. The number of nitrogens with one attached hydrogen (secondary N) is 2. The molecule has 0 fully saturated rings. The number of hydrogen-bond donors (Lipinski definition) is 2. The second-order valence-corrected chi connectivity index (χ2v) is 5.50. The van der Waals surface area contributed by atoms with Crippen LogP contribution in [0, 0.1) is 5.92 Å². The monoisotopic (exact) mass is 326 g/mol.